The van der Waals surface area contributed by atoms with Gasteiger partial charge >= 0.3 is 5.97 Å². The molecule has 3 N–H and O–H groups in total. The van der Waals surface area contributed by atoms with Gasteiger partial charge in [-0.3, -0.25) is 0 Å². The van der Waals surface area contributed by atoms with Crippen LogP contribution in [0.4, 0.5) is 0 Å². The molecule has 0 amide bonds. The monoisotopic (exact) mass is 400 g/mol. The Balaban J connectivity index is 1.69. The number of fused-ring (bicyclic) bond motifs is 5. The summed E-state index contributed by atoms with van der Waals surface area (Å²) in [5.74, 6) is -0.924. The molecular formula is C26H24O4. The lowest BCUT2D eigenvalue weighted by Gasteiger charge is -2.42. The third-order valence-corrected chi connectivity index (χ3v) is 7.13. The van der Waals surface area contributed by atoms with Gasteiger partial charge in [-0.25, -0.2) is 4.79 Å². The van der Waals surface area contributed by atoms with Gasteiger partial charge < -0.3 is 15.3 Å². The summed E-state index contributed by atoms with van der Waals surface area (Å²) in [5.41, 5.74) is 4.33. The molecule has 1 fully saturated rings. The van der Waals surface area contributed by atoms with Crippen LogP contribution in [0.25, 0.3) is 21.9 Å². The Bertz CT molecular complexity index is 1210. The molecule has 0 radical (unpaired) electrons. The van der Waals surface area contributed by atoms with E-state index in [0.29, 0.717) is 18.4 Å². The number of rotatable bonds is 2. The summed E-state index contributed by atoms with van der Waals surface area (Å²) in [6, 6.07) is 16.9. The normalized spacial score (nSPS) is 27.7. The van der Waals surface area contributed by atoms with Gasteiger partial charge in [0.05, 0.1) is 17.8 Å². The molecule has 0 unspecified atom stereocenters. The summed E-state index contributed by atoms with van der Waals surface area (Å²) in [6.45, 7) is 6.27. The van der Waals surface area contributed by atoms with Crippen molar-refractivity contribution in [3.8, 4) is 11.1 Å². The number of carboxylic acid groups (broad SMARTS) is 1. The largest absolute Gasteiger partial charge is 0.478 e. The fraction of sp³-hybridized carbons (Fsp3) is 0.269. The van der Waals surface area contributed by atoms with E-state index in [1.54, 1.807) is 12.1 Å². The van der Waals surface area contributed by atoms with Crippen molar-refractivity contribution in [2.75, 3.05) is 0 Å². The van der Waals surface area contributed by atoms with E-state index in [9.17, 15) is 20.1 Å². The van der Waals surface area contributed by atoms with E-state index in [1.807, 2.05) is 49.4 Å². The third kappa shape index (κ3) is 2.57. The zero-order valence-electron chi connectivity index (χ0n) is 16.8. The Morgan fingerprint density at radius 2 is 1.87 bits per heavy atom. The highest BCUT2D eigenvalue weighted by Crippen LogP contribution is 2.60. The quantitative estimate of drug-likeness (QED) is 0.526. The topological polar surface area (TPSA) is 77.8 Å². The second-order valence-electron chi connectivity index (χ2n) is 8.89. The zero-order valence-corrected chi connectivity index (χ0v) is 16.8. The molecule has 2 aliphatic carbocycles. The number of aromatic carboxylic acids is 1. The first-order chi connectivity index (χ1) is 14.3. The van der Waals surface area contributed by atoms with Crippen molar-refractivity contribution in [1.82, 2.24) is 0 Å². The number of carboxylic acids is 1. The highest BCUT2D eigenvalue weighted by atomic mass is 16.4. The van der Waals surface area contributed by atoms with E-state index in [1.165, 1.54) is 0 Å². The second kappa shape index (κ2) is 6.53. The van der Waals surface area contributed by atoms with Gasteiger partial charge in [0.1, 0.15) is 0 Å². The van der Waals surface area contributed by atoms with Gasteiger partial charge in [0.25, 0.3) is 0 Å². The van der Waals surface area contributed by atoms with Gasteiger partial charge in [0.2, 0.25) is 0 Å². The minimum absolute atomic E-state index is 0.0303. The third-order valence-electron chi connectivity index (χ3n) is 7.13. The van der Waals surface area contributed by atoms with Gasteiger partial charge in [-0.05, 0) is 58.0 Å². The first-order valence-corrected chi connectivity index (χ1v) is 10.2. The first kappa shape index (κ1) is 19.0. The van der Waals surface area contributed by atoms with Crippen LogP contribution >= 0.6 is 0 Å². The number of hydrogen-bond acceptors (Lipinski definition) is 3. The van der Waals surface area contributed by atoms with Crippen LogP contribution in [0.3, 0.4) is 0 Å². The van der Waals surface area contributed by atoms with Crippen molar-refractivity contribution in [2.24, 2.45) is 5.41 Å². The van der Waals surface area contributed by atoms with Crippen molar-refractivity contribution in [2.45, 2.75) is 37.9 Å². The predicted molar refractivity (Wildman–Crippen MR) is 117 cm³/mol. The summed E-state index contributed by atoms with van der Waals surface area (Å²) in [6.07, 6.45) is -0.102. The molecule has 0 heterocycles. The highest BCUT2D eigenvalue weighted by Gasteiger charge is 2.53. The standard InChI is InChI=1S/C26H24O4/c1-14-11-22(28)26(2)13-21(27)23-18-9-7-15(12-16(18)8-10-20(23)24(14)26)17-5-3-4-6-19(17)25(29)30/h3-10,12,21-22,24,27-28H,1,11,13H2,2H3,(H,29,30)/t21-,22-,24-,26+/m0/s1. The molecule has 4 heteroatoms. The molecule has 0 saturated heterocycles. The molecular weight excluding hydrogens is 376 g/mol. The fourth-order valence-electron chi connectivity index (χ4n) is 5.69. The van der Waals surface area contributed by atoms with E-state index in [2.05, 4.69) is 6.58 Å². The summed E-state index contributed by atoms with van der Waals surface area (Å²) < 4.78 is 0. The van der Waals surface area contributed by atoms with Crippen molar-refractivity contribution in [3.63, 3.8) is 0 Å². The Morgan fingerprint density at radius 1 is 1.10 bits per heavy atom. The van der Waals surface area contributed by atoms with E-state index in [0.717, 1.165) is 33.0 Å². The maximum atomic E-state index is 11.6. The average molecular weight is 400 g/mol. The minimum atomic E-state index is -0.954. The van der Waals surface area contributed by atoms with Gasteiger partial charge in [0, 0.05) is 11.3 Å². The molecule has 0 aromatic heterocycles. The molecule has 4 nitrogen and oxygen atoms in total. The Kier molecular flexibility index (Phi) is 4.14. The van der Waals surface area contributed by atoms with E-state index < -0.39 is 23.6 Å². The van der Waals surface area contributed by atoms with Crippen LogP contribution in [0.2, 0.25) is 0 Å². The maximum absolute atomic E-state index is 11.6. The van der Waals surface area contributed by atoms with Crippen molar-refractivity contribution in [1.29, 1.82) is 0 Å². The van der Waals surface area contributed by atoms with Crippen LogP contribution in [0.1, 0.15) is 53.3 Å². The fourth-order valence-corrected chi connectivity index (χ4v) is 5.69. The van der Waals surface area contributed by atoms with E-state index >= 15 is 0 Å². The van der Waals surface area contributed by atoms with Gasteiger partial charge in [-0.15, -0.1) is 0 Å². The van der Waals surface area contributed by atoms with Crippen LogP contribution in [0.15, 0.2) is 66.7 Å². The lowest BCUT2D eigenvalue weighted by molar-refractivity contribution is 0.000920. The second-order valence-corrected chi connectivity index (χ2v) is 8.89. The van der Waals surface area contributed by atoms with Crippen molar-refractivity contribution in [3.05, 3.63) is 83.4 Å². The smallest absolute Gasteiger partial charge is 0.336 e. The van der Waals surface area contributed by atoms with Crippen LogP contribution in [0, 0.1) is 5.41 Å². The van der Waals surface area contributed by atoms with Crippen molar-refractivity contribution < 1.29 is 20.1 Å². The summed E-state index contributed by atoms with van der Waals surface area (Å²) in [7, 11) is 0. The molecule has 3 aromatic rings. The number of aliphatic hydroxyl groups excluding tert-OH is 2. The van der Waals surface area contributed by atoms with E-state index in [-0.39, 0.29) is 11.5 Å². The molecule has 5 rings (SSSR count). The van der Waals surface area contributed by atoms with Crippen LogP contribution in [-0.4, -0.2) is 27.4 Å². The number of hydrogen-bond donors (Lipinski definition) is 3. The molecule has 152 valence electrons. The SMILES string of the molecule is C=C1C[C@H](O)[C@@]2(C)C[C@H](O)c3c(ccc4cc(-c5ccccc5C(=O)O)ccc34)[C@H]12. The first-order valence-electron chi connectivity index (χ1n) is 10.2. The van der Waals surface area contributed by atoms with Gasteiger partial charge in [0.15, 0.2) is 0 Å². The molecule has 0 bridgehead atoms. The van der Waals surface area contributed by atoms with Crippen LogP contribution < -0.4 is 0 Å². The van der Waals surface area contributed by atoms with Gasteiger partial charge in [-0.2, -0.15) is 0 Å². The Hall–Kier alpha value is -2.95. The number of carbonyl (C=O) groups is 1. The molecule has 4 atom stereocenters. The van der Waals surface area contributed by atoms with Crippen molar-refractivity contribution >= 4 is 16.7 Å². The molecule has 3 aromatic carbocycles. The zero-order chi connectivity index (χ0) is 21.2. The predicted octanol–water partition coefficient (Wildman–Crippen LogP) is 5.05. The number of benzene rings is 3. The molecule has 0 spiro atoms. The lowest BCUT2D eigenvalue weighted by atomic mass is 9.63. The Morgan fingerprint density at radius 3 is 2.63 bits per heavy atom. The molecule has 30 heavy (non-hydrogen) atoms. The highest BCUT2D eigenvalue weighted by molar-refractivity contribution is 5.98. The van der Waals surface area contributed by atoms with Crippen LogP contribution in [0.5, 0.6) is 0 Å². The summed E-state index contributed by atoms with van der Waals surface area (Å²) >= 11 is 0. The molecule has 1 saturated carbocycles. The van der Waals surface area contributed by atoms with E-state index in [4.69, 9.17) is 0 Å². The Labute approximate surface area is 175 Å². The van der Waals surface area contributed by atoms with Gasteiger partial charge in [-0.1, -0.05) is 61.5 Å². The lowest BCUT2D eigenvalue weighted by Crippen LogP contribution is -2.37. The van der Waals surface area contributed by atoms with Crippen LogP contribution in [-0.2, 0) is 0 Å². The molecule has 0 aliphatic heterocycles. The maximum Gasteiger partial charge on any atom is 0.336 e. The minimum Gasteiger partial charge on any atom is -0.478 e. The molecule has 2 aliphatic rings. The number of aliphatic hydroxyl groups is 2. The summed E-state index contributed by atoms with van der Waals surface area (Å²) in [4.78, 5) is 11.6. The average Bonchev–Trinajstić information content (AvgIpc) is 2.95. The summed E-state index contributed by atoms with van der Waals surface area (Å²) in [5, 5.41) is 33.1.